The summed E-state index contributed by atoms with van der Waals surface area (Å²) in [5.74, 6) is 0.695. The molecule has 0 bridgehead atoms. The maximum atomic E-state index is 13.0. The first-order valence-corrected chi connectivity index (χ1v) is 11.9. The predicted octanol–water partition coefficient (Wildman–Crippen LogP) is 8.14. The van der Waals surface area contributed by atoms with Crippen molar-refractivity contribution in [1.29, 1.82) is 0 Å². The third-order valence-corrected chi connectivity index (χ3v) is 6.35. The molecule has 0 amide bonds. The van der Waals surface area contributed by atoms with Gasteiger partial charge in [0.2, 0.25) is 5.75 Å². The minimum absolute atomic E-state index is 0.0165. The summed E-state index contributed by atoms with van der Waals surface area (Å²) in [5.41, 5.74) is 2.68. The minimum atomic E-state index is -2.61. The van der Waals surface area contributed by atoms with E-state index >= 15 is 0 Å². The molecule has 0 aliphatic rings. The van der Waals surface area contributed by atoms with Crippen molar-refractivity contribution >= 4 is 24.7 Å². The van der Waals surface area contributed by atoms with Gasteiger partial charge in [0.25, 0.3) is 5.69 Å². The van der Waals surface area contributed by atoms with Crippen LogP contribution in [0.3, 0.4) is 0 Å². The molecule has 6 nitrogen and oxygen atoms in total. The maximum absolute atomic E-state index is 13.0. The van der Waals surface area contributed by atoms with E-state index < -0.39 is 13.2 Å². The molecule has 0 fully saturated rings. The Morgan fingerprint density at radius 1 is 0.853 bits per heavy atom. The van der Waals surface area contributed by atoms with Crippen LogP contribution in [0.15, 0.2) is 78.9 Å². The fourth-order valence-electron chi connectivity index (χ4n) is 3.89. The SMILES string of the molecule is Cc1cccc([N+](=O)[O-])c1-c1ccc2ccccc2c1O[P+](=O)Oc1ccc(C(C)(C)C)cc1. The van der Waals surface area contributed by atoms with Crippen molar-refractivity contribution in [2.75, 3.05) is 0 Å². The molecule has 4 aromatic rings. The van der Waals surface area contributed by atoms with Gasteiger partial charge in [-0.15, -0.1) is 0 Å². The maximum Gasteiger partial charge on any atom is 0.805 e. The molecular weight excluding hydrogens is 449 g/mol. The van der Waals surface area contributed by atoms with Crippen LogP contribution in [0.4, 0.5) is 5.69 Å². The monoisotopic (exact) mass is 474 g/mol. The number of hydrogen-bond acceptors (Lipinski definition) is 5. The number of benzene rings is 4. The van der Waals surface area contributed by atoms with E-state index in [4.69, 9.17) is 9.05 Å². The highest BCUT2D eigenvalue weighted by atomic mass is 31.1. The fourth-order valence-corrected chi connectivity index (χ4v) is 4.56. The van der Waals surface area contributed by atoms with E-state index in [-0.39, 0.29) is 16.9 Å². The normalized spacial score (nSPS) is 11.8. The van der Waals surface area contributed by atoms with E-state index in [1.165, 1.54) is 6.07 Å². The summed E-state index contributed by atoms with van der Waals surface area (Å²) in [6, 6.07) is 23.3. The first kappa shape index (κ1) is 23.4. The van der Waals surface area contributed by atoms with E-state index in [9.17, 15) is 14.7 Å². The Labute approximate surface area is 199 Å². The van der Waals surface area contributed by atoms with Gasteiger partial charge in [-0.1, -0.05) is 75.4 Å². The van der Waals surface area contributed by atoms with Crippen molar-refractivity contribution in [3.05, 3.63) is 100 Å². The van der Waals surface area contributed by atoms with Gasteiger partial charge >= 0.3 is 8.25 Å². The van der Waals surface area contributed by atoms with Crippen LogP contribution in [-0.4, -0.2) is 4.92 Å². The Morgan fingerprint density at radius 3 is 2.24 bits per heavy atom. The van der Waals surface area contributed by atoms with Crippen LogP contribution < -0.4 is 9.05 Å². The van der Waals surface area contributed by atoms with Crippen molar-refractivity contribution in [3.63, 3.8) is 0 Å². The zero-order chi connectivity index (χ0) is 24.5. The molecule has 7 heteroatoms. The number of rotatable bonds is 6. The molecule has 0 N–H and O–H groups in total. The number of hydrogen-bond donors (Lipinski definition) is 0. The molecule has 34 heavy (non-hydrogen) atoms. The first-order chi connectivity index (χ1) is 16.1. The molecule has 0 radical (unpaired) electrons. The van der Waals surface area contributed by atoms with Gasteiger partial charge in [-0.05, 0) is 47.1 Å². The van der Waals surface area contributed by atoms with Crippen LogP contribution in [-0.2, 0) is 9.98 Å². The quantitative estimate of drug-likeness (QED) is 0.160. The number of fused-ring (bicyclic) bond motifs is 1. The van der Waals surface area contributed by atoms with Crippen molar-refractivity contribution in [2.24, 2.45) is 0 Å². The number of nitro groups is 1. The summed E-state index contributed by atoms with van der Waals surface area (Å²) < 4.78 is 24.4. The number of nitrogens with zero attached hydrogens (tertiary/aromatic N) is 1. The van der Waals surface area contributed by atoms with Gasteiger partial charge in [0.05, 0.1) is 10.5 Å². The second-order valence-electron chi connectivity index (χ2n) is 9.07. The van der Waals surface area contributed by atoms with Crippen molar-refractivity contribution in [2.45, 2.75) is 33.1 Å². The van der Waals surface area contributed by atoms with Crippen LogP contribution in [0.2, 0.25) is 0 Å². The van der Waals surface area contributed by atoms with Crippen LogP contribution in [0.25, 0.3) is 21.9 Å². The summed E-state index contributed by atoms with van der Waals surface area (Å²) in [6.07, 6.45) is 0. The summed E-state index contributed by atoms with van der Waals surface area (Å²) in [6.45, 7) is 8.13. The summed E-state index contributed by atoms with van der Waals surface area (Å²) in [4.78, 5) is 11.3. The Bertz CT molecular complexity index is 1390. The lowest BCUT2D eigenvalue weighted by Gasteiger charge is -2.18. The molecule has 4 rings (SSSR count). The van der Waals surface area contributed by atoms with E-state index in [1.54, 1.807) is 37.3 Å². The molecule has 0 aliphatic carbocycles. The predicted molar refractivity (Wildman–Crippen MR) is 135 cm³/mol. The largest absolute Gasteiger partial charge is 0.805 e. The van der Waals surface area contributed by atoms with Gasteiger partial charge in [-0.2, -0.15) is 0 Å². The lowest BCUT2D eigenvalue weighted by Crippen LogP contribution is -2.10. The van der Waals surface area contributed by atoms with Crippen molar-refractivity contribution < 1.29 is 18.5 Å². The molecular formula is C27H25NO5P+. The average molecular weight is 474 g/mol. The van der Waals surface area contributed by atoms with Crippen LogP contribution in [0.1, 0.15) is 31.9 Å². The Hall–Kier alpha value is -3.76. The third kappa shape index (κ3) is 4.78. The van der Waals surface area contributed by atoms with Gasteiger partial charge in [-0.3, -0.25) is 10.1 Å². The van der Waals surface area contributed by atoms with Gasteiger partial charge < -0.3 is 0 Å². The molecule has 4 aromatic carbocycles. The van der Waals surface area contributed by atoms with Gasteiger partial charge in [0.15, 0.2) is 5.75 Å². The van der Waals surface area contributed by atoms with Crippen molar-refractivity contribution in [3.8, 4) is 22.6 Å². The molecule has 1 atom stereocenters. The van der Waals surface area contributed by atoms with Gasteiger partial charge in [0.1, 0.15) is 0 Å². The highest BCUT2D eigenvalue weighted by Crippen LogP contribution is 2.45. The molecule has 0 aromatic heterocycles. The minimum Gasteiger partial charge on any atom is -0.258 e. The molecule has 0 spiro atoms. The van der Waals surface area contributed by atoms with E-state index in [0.29, 0.717) is 27.8 Å². The van der Waals surface area contributed by atoms with Crippen molar-refractivity contribution in [1.82, 2.24) is 0 Å². The Morgan fingerprint density at radius 2 is 1.56 bits per heavy atom. The number of nitro benzene ring substituents is 1. The highest BCUT2D eigenvalue weighted by Gasteiger charge is 2.30. The standard InChI is InChI=1S/C27H25NO5P/c1-18-8-7-11-24(28(29)30)25(18)23-17-12-19-9-5-6-10-22(19)26(23)33-34(31)32-21-15-13-20(14-16-21)27(2,3)4/h5-17H,1-4H3/q+1. The zero-order valence-electron chi connectivity index (χ0n) is 19.4. The molecule has 0 saturated carbocycles. The third-order valence-electron chi connectivity index (χ3n) is 5.66. The molecule has 1 unspecified atom stereocenters. The Kier molecular flexibility index (Phi) is 6.36. The highest BCUT2D eigenvalue weighted by molar-refractivity contribution is 7.34. The molecule has 0 saturated heterocycles. The van der Waals surface area contributed by atoms with Crippen LogP contribution >= 0.6 is 8.25 Å². The first-order valence-electron chi connectivity index (χ1n) is 10.8. The van der Waals surface area contributed by atoms with E-state index in [0.717, 1.165) is 10.9 Å². The van der Waals surface area contributed by atoms with Gasteiger partial charge in [0, 0.05) is 21.6 Å². The fraction of sp³-hybridized carbons (Fsp3) is 0.185. The van der Waals surface area contributed by atoms with Crippen LogP contribution in [0, 0.1) is 17.0 Å². The molecule has 0 heterocycles. The van der Waals surface area contributed by atoms with E-state index in [1.807, 2.05) is 42.5 Å². The summed E-state index contributed by atoms with van der Waals surface area (Å²) in [7, 11) is -2.61. The lowest BCUT2D eigenvalue weighted by molar-refractivity contribution is -0.384. The average Bonchev–Trinajstić information content (AvgIpc) is 2.79. The topological polar surface area (TPSA) is 78.7 Å². The molecule has 172 valence electrons. The lowest BCUT2D eigenvalue weighted by atomic mass is 9.87. The van der Waals surface area contributed by atoms with E-state index in [2.05, 4.69) is 20.8 Å². The number of aryl methyl sites for hydroxylation is 1. The second-order valence-corrected chi connectivity index (χ2v) is 9.88. The summed E-state index contributed by atoms with van der Waals surface area (Å²) in [5, 5.41) is 13.3. The van der Waals surface area contributed by atoms with Crippen LogP contribution in [0.5, 0.6) is 11.5 Å². The smallest absolute Gasteiger partial charge is 0.258 e. The summed E-state index contributed by atoms with van der Waals surface area (Å²) >= 11 is 0. The van der Waals surface area contributed by atoms with Gasteiger partial charge in [-0.25, -0.2) is 9.05 Å². The Balaban J connectivity index is 1.75. The second kappa shape index (κ2) is 9.24. The zero-order valence-corrected chi connectivity index (χ0v) is 20.3. The molecule has 0 aliphatic heterocycles.